The van der Waals surface area contributed by atoms with Crippen LogP contribution in [-0.2, 0) is 0 Å². The first-order chi connectivity index (χ1) is 7.13. The molecule has 1 heterocycles. The summed E-state index contributed by atoms with van der Waals surface area (Å²) in [4.78, 5) is 16.5. The number of aliphatic imine (C=N–C) groups is 1. The molecule has 82 valence electrons. The lowest BCUT2D eigenvalue weighted by molar-refractivity contribution is 0.306. The van der Waals surface area contributed by atoms with Gasteiger partial charge in [-0.25, -0.2) is 0 Å². The second-order valence-electron chi connectivity index (χ2n) is 3.78. The zero-order valence-corrected chi connectivity index (χ0v) is 9.20. The summed E-state index contributed by atoms with van der Waals surface area (Å²) >= 11 is 0. The summed E-state index contributed by atoms with van der Waals surface area (Å²) in [5.74, 6) is 0. The van der Waals surface area contributed by atoms with E-state index in [1.165, 1.54) is 0 Å². The highest BCUT2D eigenvalue weighted by atomic mass is 16.3. The van der Waals surface area contributed by atoms with Gasteiger partial charge < -0.3 is 0 Å². The van der Waals surface area contributed by atoms with E-state index in [9.17, 15) is 4.91 Å². The quantitative estimate of drug-likeness (QED) is 0.662. The highest BCUT2D eigenvalue weighted by Gasteiger charge is 2.17. The molecule has 0 aromatic rings. The zero-order chi connectivity index (χ0) is 11.3. The van der Waals surface area contributed by atoms with E-state index in [1.807, 2.05) is 6.92 Å². The Balaban J connectivity index is 2.51. The van der Waals surface area contributed by atoms with Gasteiger partial charge in [-0.1, -0.05) is 18.3 Å². The third kappa shape index (κ3) is 3.75. The Morgan fingerprint density at radius 1 is 1.60 bits per heavy atom. The van der Waals surface area contributed by atoms with Gasteiger partial charge in [0, 0.05) is 37.5 Å². The lowest BCUT2D eigenvalue weighted by Crippen LogP contribution is -2.37. The molecule has 0 bridgehead atoms. The molecule has 4 heteroatoms. The van der Waals surface area contributed by atoms with E-state index in [2.05, 4.69) is 28.2 Å². The predicted molar refractivity (Wildman–Crippen MR) is 63.1 cm³/mol. The van der Waals surface area contributed by atoms with Crippen molar-refractivity contribution in [1.82, 2.24) is 4.90 Å². The van der Waals surface area contributed by atoms with E-state index < -0.39 is 0 Å². The third-order valence-electron chi connectivity index (χ3n) is 2.32. The number of hydrogen-bond acceptors (Lipinski definition) is 4. The molecule has 0 aromatic carbocycles. The van der Waals surface area contributed by atoms with E-state index in [1.54, 1.807) is 0 Å². The van der Waals surface area contributed by atoms with Crippen LogP contribution in [0.25, 0.3) is 0 Å². The van der Waals surface area contributed by atoms with E-state index in [-0.39, 0.29) is 0 Å². The number of hydrogen-bond donors (Lipinski definition) is 0. The molecule has 0 aromatic heterocycles. The van der Waals surface area contributed by atoms with Crippen molar-refractivity contribution < 1.29 is 0 Å². The van der Waals surface area contributed by atoms with Crippen LogP contribution in [0.2, 0.25) is 0 Å². The minimum Gasteiger partial charge on any atom is -0.297 e. The zero-order valence-electron chi connectivity index (χ0n) is 9.20. The Hall–Kier alpha value is -1.29. The molecule has 0 unspecified atom stereocenters. The van der Waals surface area contributed by atoms with Crippen LogP contribution in [-0.4, -0.2) is 36.8 Å². The van der Waals surface area contributed by atoms with E-state index in [0.29, 0.717) is 13.1 Å². The second-order valence-corrected chi connectivity index (χ2v) is 3.78. The number of piperidine rings is 1. The van der Waals surface area contributed by atoms with Gasteiger partial charge in [0.15, 0.2) is 0 Å². The van der Waals surface area contributed by atoms with Gasteiger partial charge in [-0.05, 0) is 12.5 Å². The molecule has 1 fully saturated rings. The molecule has 1 saturated heterocycles. The summed E-state index contributed by atoms with van der Waals surface area (Å²) in [6.07, 6.45) is 0.880. The molecular weight excluding hydrogens is 190 g/mol. The molecule has 0 N–H and O–H groups in total. The molecule has 1 aliphatic heterocycles. The Morgan fingerprint density at radius 2 is 2.33 bits per heavy atom. The molecule has 1 rings (SSSR count). The van der Waals surface area contributed by atoms with Crippen LogP contribution in [0.15, 0.2) is 34.6 Å². The van der Waals surface area contributed by atoms with Crippen LogP contribution in [0.1, 0.15) is 13.3 Å². The maximum atomic E-state index is 10.0. The van der Waals surface area contributed by atoms with Crippen molar-refractivity contribution in [3.05, 3.63) is 29.3 Å². The monoisotopic (exact) mass is 207 g/mol. The topological polar surface area (TPSA) is 45.0 Å². The highest BCUT2D eigenvalue weighted by Crippen LogP contribution is 2.13. The molecule has 0 atom stereocenters. The largest absolute Gasteiger partial charge is 0.297 e. The molecule has 4 nitrogen and oxygen atoms in total. The van der Waals surface area contributed by atoms with Gasteiger partial charge in [0.25, 0.3) is 0 Å². The summed E-state index contributed by atoms with van der Waals surface area (Å²) < 4.78 is 0. The van der Waals surface area contributed by atoms with Crippen molar-refractivity contribution in [2.45, 2.75) is 13.3 Å². The molecule has 0 amide bonds. The summed E-state index contributed by atoms with van der Waals surface area (Å²) in [5.41, 5.74) is 2.88. The average Bonchev–Trinajstić information content (AvgIpc) is 2.18. The van der Waals surface area contributed by atoms with Crippen molar-refractivity contribution in [3.63, 3.8) is 0 Å². The van der Waals surface area contributed by atoms with Gasteiger partial charge in [-0.2, -0.15) is 4.91 Å². The molecule has 0 spiro atoms. The minimum absolute atomic E-state index is 0.347. The summed E-state index contributed by atoms with van der Waals surface area (Å²) in [6.45, 7) is 12.4. The number of allylic oxidation sites excluding steroid dienone is 1. The molecule has 1 aliphatic rings. The van der Waals surface area contributed by atoms with Gasteiger partial charge in [0.1, 0.15) is 0 Å². The maximum Gasteiger partial charge on any atom is 0.0938 e. The number of likely N-dealkylation sites (tertiary alicyclic amines) is 1. The van der Waals surface area contributed by atoms with Crippen LogP contribution < -0.4 is 0 Å². The van der Waals surface area contributed by atoms with Gasteiger partial charge in [-0.3, -0.25) is 9.89 Å². The number of rotatable bonds is 4. The Labute approximate surface area is 90.4 Å². The minimum atomic E-state index is 0.347. The molecular formula is C11H17N3O. The summed E-state index contributed by atoms with van der Waals surface area (Å²) in [7, 11) is 0. The Morgan fingerprint density at radius 3 is 2.87 bits per heavy atom. The fourth-order valence-electron chi connectivity index (χ4n) is 1.62. The van der Waals surface area contributed by atoms with E-state index >= 15 is 0 Å². The van der Waals surface area contributed by atoms with Crippen molar-refractivity contribution >= 4 is 5.71 Å². The van der Waals surface area contributed by atoms with Gasteiger partial charge >= 0.3 is 0 Å². The third-order valence-corrected chi connectivity index (χ3v) is 2.32. The van der Waals surface area contributed by atoms with Crippen LogP contribution in [0.4, 0.5) is 0 Å². The lowest BCUT2D eigenvalue weighted by Gasteiger charge is -2.28. The van der Waals surface area contributed by atoms with Crippen LogP contribution in [0.3, 0.4) is 0 Å². The molecule has 15 heavy (non-hydrogen) atoms. The van der Waals surface area contributed by atoms with Crippen LogP contribution in [0, 0.1) is 4.91 Å². The van der Waals surface area contributed by atoms with E-state index in [4.69, 9.17) is 0 Å². The van der Waals surface area contributed by atoms with Crippen molar-refractivity contribution in [2.24, 2.45) is 10.2 Å². The fraction of sp³-hybridized carbons (Fsp3) is 0.545. The number of nitrogens with zero attached hydrogens (tertiary/aromatic N) is 3. The average molecular weight is 207 g/mol. The Kier molecular flexibility index (Phi) is 4.37. The maximum absolute atomic E-state index is 10.0. The first-order valence-corrected chi connectivity index (χ1v) is 5.06. The predicted octanol–water partition coefficient (Wildman–Crippen LogP) is 1.99. The standard InChI is InChI=1S/C11H17N3O/c1-9(2)13-11-4-6-14(7-5-12-15)8-10(11)3/h1,3-8H2,2H3. The molecule has 0 radical (unpaired) electrons. The smallest absolute Gasteiger partial charge is 0.0938 e. The first-order valence-electron chi connectivity index (χ1n) is 5.06. The van der Waals surface area contributed by atoms with Gasteiger partial charge in [-0.15, -0.1) is 0 Å². The normalized spacial score (nSPS) is 20.6. The molecule has 0 saturated carbocycles. The van der Waals surface area contributed by atoms with Crippen molar-refractivity contribution in [2.75, 3.05) is 26.2 Å². The van der Waals surface area contributed by atoms with Crippen LogP contribution in [0.5, 0.6) is 0 Å². The van der Waals surface area contributed by atoms with Crippen LogP contribution >= 0.6 is 0 Å². The highest BCUT2D eigenvalue weighted by molar-refractivity contribution is 6.01. The van der Waals surface area contributed by atoms with E-state index in [0.717, 1.165) is 36.5 Å². The lowest BCUT2D eigenvalue weighted by atomic mass is 10.0. The summed E-state index contributed by atoms with van der Waals surface area (Å²) in [5, 5.41) is 2.86. The van der Waals surface area contributed by atoms with Crippen molar-refractivity contribution in [3.8, 4) is 0 Å². The second kappa shape index (κ2) is 5.56. The first kappa shape index (κ1) is 11.8. The van der Waals surface area contributed by atoms with Gasteiger partial charge in [0.2, 0.25) is 0 Å². The van der Waals surface area contributed by atoms with Crippen molar-refractivity contribution in [1.29, 1.82) is 0 Å². The molecule has 0 aliphatic carbocycles. The SMILES string of the molecule is C=C(C)N=C1CCN(CCN=O)CC1=C. The Bertz CT molecular complexity index is 307. The van der Waals surface area contributed by atoms with Gasteiger partial charge in [0.05, 0.1) is 6.54 Å². The fourth-order valence-corrected chi connectivity index (χ4v) is 1.62. The summed E-state index contributed by atoms with van der Waals surface area (Å²) in [6, 6.07) is 0. The number of nitroso groups, excluding NO2 is 1.